The summed E-state index contributed by atoms with van der Waals surface area (Å²) < 4.78 is 19.5. The fourth-order valence-electron chi connectivity index (χ4n) is 2.93. The number of benzene rings is 1. The van der Waals surface area contributed by atoms with Crippen molar-refractivity contribution in [2.75, 3.05) is 24.5 Å². The summed E-state index contributed by atoms with van der Waals surface area (Å²) in [4.78, 5) is 27.3. The number of carbonyl (C=O) groups excluding carboxylic acids is 2. The van der Waals surface area contributed by atoms with Crippen molar-refractivity contribution < 1.29 is 18.7 Å². The molecule has 8 heteroatoms. The molecule has 0 spiro atoms. The van der Waals surface area contributed by atoms with E-state index in [1.165, 1.54) is 12.1 Å². The Morgan fingerprint density at radius 2 is 1.85 bits per heavy atom. The third-order valence-corrected chi connectivity index (χ3v) is 4.10. The van der Waals surface area contributed by atoms with Crippen molar-refractivity contribution in [3.63, 3.8) is 0 Å². The van der Waals surface area contributed by atoms with Crippen molar-refractivity contribution in [1.82, 2.24) is 4.90 Å². The van der Waals surface area contributed by atoms with Crippen molar-refractivity contribution >= 4 is 30.1 Å². The third kappa shape index (κ3) is 5.00. The van der Waals surface area contributed by atoms with Crippen LogP contribution >= 0.6 is 12.4 Å². The Balaban J connectivity index is 0.00000338. The zero-order chi connectivity index (χ0) is 19.0. The Morgan fingerprint density at radius 3 is 2.31 bits per heavy atom. The number of rotatable bonds is 2. The first-order valence-electron chi connectivity index (χ1n) is 8.26. The summed E-state index contributed by atoms with van der Waals surface area (Å²) in [6.45, 7) is 10.9. The van der Waals surface area contributed by atoms with E-state index >= 15 is 0 Å². The molecule has 1 aromatic rings. The molecule has 2 N–H and O–H groups in total. The molecule has 1 heterocycles. The lowest BCUT2D eigenvalue weighted by Gasteiger charge is -2.47. The maximum Gasteiger partial charge on any atom is 0.410 e. The summed E-state index contributed by atoms with van der Waals surface area (Å²) in [5.74, 6) is -1.43. The van der Waals surface area contributed by atoms with Gasteiger partial charge in [-0.3, -0.25) is 9.69 Å². The van der Waals surface area contributed by atoms with Crippen molar-refractivity contribution in [3.05, 3.63) is 29.6 Å². The fourth-order valence-corrected chi connectivity index (χ4v) is 2.93. The number of halogens is 2. The highest BCUT2D eigenvalue weighted by molar-refractivity contribution is 5.93. The average Bonchev–Trinajstić information content (AvgIpc) is 2.43. The largest absolute Gasteiger partial charge is 0.444 e. The lowest BCUT2D eigenvalue weighted by Crippen LogP contribution is -2.61. The van der Waals surface area contributed by atoms with Crippen LogP contribution in [-0.4, -0.2) is 47.7 Å². The minimum Gasteiger partial charge on any atom is -0.444 e. The van der Waals surface area contributed by atoms with Gasteiger partial charge in [0, 0.05) is 25.3 Å². The van der Waals surface area contributed by atoms with Crippen LogP contribution in [0.15, 0.2) is 18.2 Å². The summed E-state index contributed by atoms with van der Waals surface area (Å²) >= 11 is 0. The Bertz CT molecular complexity index is 689. The van der Waals surface area contributed by atoms with Crippen LogP contribution in [0.1, 0.15) is 45.0 Å². The summed E-state index contributed by atoms with van der Waals surface area (Å²) in [6.07, 6.45) is -0.354. The Hall–Kier alpha value is -2.02. The first-order chi connectivity index (χ1) is 11.4. The predicted molar refractivity (Wildman–Crippen MR) is 101 cm³/mol. The van der Waals surface area contributed by atoms with Crippen molar-refractivity contribution in [2.24, 2.45) is 5.73 Å². The molecule has 0 atom stereocenters. The monoisotopic (exact) mass is 387 g/mol. The number of anilines is 1. The van der Waals surface area contributed by atoms with Crippen LogP contribution in [-0.2, 0) is 4.74 Å². The predicted octanol–water partition coefficient (Wildman–Crippen LogP) is 3.18. The van der Waals surface area contributed by atoms with E-state index in [0.29, 0.717) is 25.3 Å². The molecule has 0 saturated carbocycles. The summed E-state index contributed by atoms with van der Waals surface area (Å²) in [5.41, 5.74) is 4.62. The van der Waals surface area contributed by atoms with Crippen LogP contribution in [0.2, 0.25) is 0 Å². The van der Waals surface area contributed by atoms with Crippen LogP contribution in [0.5, 0.6) is 0 Å². The molecule has 1 saturated heterocycles. The van der Waals surface area contributed by atoms with Gasteiger partial charge in [-0.25, -0.2) is 9.18 Å². The fraction of sp³-hybridized carbons (Fsp3) is 0.556. The number of nitrogens with zero attached hydrogens (tertiary/aromatic N) is 2. The summed E-state index contributed by atoms with van der Waals surface area (Å²) in [5, 5.41) is 0. The Kier molecular flexibility index (Phi) is 6.52. The van der Waals surface area contributed by atoms with E-state index < -0.39 is 22.9 Å². The quantitative estimate of drug-likeness (QED) is 0.845. The minimum absolute atomic E-state index is 0. The second kappa shape index (κ2) is 7.70. The maximum atomic E-state index is 14.0. The second-order valence-corrected chi connectivity index (χ2v) is 7.89. The number of nitrogens with two attached hydrogens (primary N) is 1. The van der Waals surface area contributed by atoms with Gasteiger partial charge < -0.3 is 15.4 Å². The second-order valence-electron chi connectivity index (χ2n) is 7.89. The van der Waals surface area contributed by atoms with Gasteiger partial charge in [-0.1, -0.05) is 0 Å². The molecule has 1 aliphatic heterocycles. The molecule has 0 radical (unpaired) electrons. The van der Waals surface area contributed by atoms with Gasteiger partial charge in [0.25, 0.3) is 5.91 Å². The molecule has 26 heavy (non-hydrogen) atoms. The summed E-state index contributed by atoms with van der Waals surface area (Å²) in [7, 11) is 0. The standard InChI is InChI=1S/C18H26FN3O3.ClH/c1-17(2,3)25-16(24)22-9-8-21(11-18(22,4)5)12-6-7-13(15(20)23)14(19)10-12;/h6-7,10H,8-9,11H2,1-5H3,(H2,20,23);1H. The van der Waals surface area contributed by atoms with Crippen molar-refractivity contribution in [3.8, 4) is 0 Å². The van der Waals surface area contributed by atoms with Gasteiger partial charge in [0.2, 0.25) is 0 Å². The van der Waals surface area contributed by atoms with Crippen LogP contribution < -0.4 is 10.6 Å². The van der Waals surface area contributed by atoms with E-state index in [-0.39, 0.29) is 24.1 Å². The number of ether oxygens (including phenoxy) is 1. The molecule has 1 fully saturated rings. The molecule has 0 bridgehead atoms. The number of hydrogen-bond acceptors (Lipinski definition) is 4. The maximum absolute atomic E-state index is 14.0. The van der Waals surface area contributed by atoms with E-state index in [4.69, 9.17) is 10.5 Å². The highest BCUT2D eigenvalue weighted by atomic mass is 35.5. The van der Waals surface area contributed by atoms with Crippen molar-refractivity contribution in [2.45, 2.75) is 45.8 Å². The smallest absolute Gasteiger partial charge is 0.410 e. The van der Waals surface area contributed by atoms with Gasteiger partial charge in [0.1, 0.15) is 11.4 Å². The molecule has 6 nitrogen and oxygen atoms in total. The molecule has 1 aliphatic rings. The van der Waals surface area contributed by atoms with E-state index in [9.17, 15) is 14.0 Å². The van der Waals surface area contributed by atoms with E-state index in [1.807, 2.05) is 39.5 Å². The molecule has 1 aromatic carbocycles. The molecular formula is C18H27ClFN3O3. The Morgan fingerprint density at radius 1 is 1.23 bits per heavy atom. The van der Waals surface area contributed by atoms with Crippen molar-refractivity contribution in [1.29, 1.82) is 0 Å². The van der Waals surface area contributed by atoms with Gasteiger partial charge in [-0.15, -0.1) is 12.4 Å². The van der Waals surface area contributed by atoms with Crippen LogP contribution in [0.4, 0.5) is 14.9 Å². The third-order valence-electron chi connectivity index (χ3n) is 4.10. The SMILES string of the molecule is CC(C)(C)OC(=O)N1CCN(c2ccc(C(N)=O)c(F)c2)CC1(C)C.Cl. The van der Waals surface area contributed by atoms with Gasteiger partial charge in [0.05, 0.1) is 11.1 Å². The number of amides is 2. The van der Waals surface area contributed by atoms with Crippen LogP contribution in [0, 0.1) is 5.82 Å². The molecule has 2 rings (SSSR count). The zero-order valence-electron chi connectivity index (χ0n) is 15.8. The van der Waals surface area contributed by atoms with Gasteiger partial charge in [-0.05, 0) is 52.8 Å². The topological polar surface area (TPSA) is 75.9 Å². The van der Waals surface area contributed by atoms with E-state index in [2.05, 4.69) is 0 Å². The highest BCUT2D eigenvalue weighted by Gasteiger charge is 2.39. The van der Waals surface area contributed by atoms with Gasteiger partial charge in [0.15, 0.2) is 0 Å². The molecule has 146 valence electrons. The zero-order valence-corrected chi connectivity index (χ0v) is 16.7. The molecular weight excluding hydrogens is 361 g/mol. The molecule has 2 amide bonds. The van der Waals surface area contributed by atoms with Crippen LogP contribution in [0.25, 0.3) is 0 Å². The number of primary amides is 1. The molecule has 0 aliphatic carbocycles. The normalized spacial score (nSPS) is 16.7. The first-order valence-corrected chi connectivity index (χ1v) is 8.26. The van der Waals surface area contributed by atoms with Crippen LogP contribution in [0.3, 0.4) is 0 Å². The minimum atomic E-state index is -0.792. The first kappa shape index (κ1) is 22.0. The average molecular weight is 388 g/mol. The number of hydrogen-bond donors (Lipinski definition) is 1. The Labute approximate surface area is 159 Å². The molecule has 0 unspecified atom stereocenters. The lowest BCUT2D eigenvalue weighted by molar-refractivity contribution is 0.000357. The number of carbonyl (C=O) groups is 2. The van der Waals surface area contributed by atoms with Gasteiger partial charge >= 0.3 is 6.09 Å². The molecule has 0 aromatic heterocycles. The number of piperazine rings is 1. The lowest BCUT2D eigenvalue weighted by atomic mass is 9.98. The summed E-state index contributed by atoms with van der Waals surface area (Å²) in [6, 6.07) is 4.36. The highest BCUT2D eigenvalue weighted by Crippen LogP contribution is 2.28. The van der Waals surface area contributed by atoms with E-state index in [0.717, 1.165) is 0 Å². The van der Waals surface area contributed by atoms with E-state index in [1.54, 1.807) is 11.0 Å². The van der Waals surface area contributed by atoms with Gasteiger partial charge in [-0.2, -0.15) is 0 Å².